The minimum absolute atomic E-state index is 0.155. The van der Waals surface area contributed by atoms with Crippen molar-refractivity contribution in [3.05, 3.63) is 42.9 Å². The van der Waals surface area contributed by atoms with Gasteiger partial charge < -0.3 is 10.3 Å². The van der Waals surface area contributed by atoms with Gasteiger partial charge in [0.25, 0.3) is 0 Å². The monoisotopic (exact) mass is 225 g/mol. The first kappa shape index (κ1) is 10.3. The molecule has 0 bridgehead atoms. The van der Waals surface area contributed by atoms with Crippen LogP contribution in [0.1, 0.15) is 6.92 Å². The minimum atomic E-state index is 0.155. The number of benzene rings is 1. The second-order valence-corrected chi connectivity index (χ2v) is 4.55. The van der Waals surface area contributed by atoms with Gasteiger partial charge in [0.2, 0.25) is 0 Å². The molecule has 17 heavy (non-hydrogen) atoms. The molecule has 0 saturated carbocycles. The quantitative estimate of drug-likeness (QED) is 0.728. The minimum Gasteiger partial charge on any atom is -0.345 e. The van der Waals surface area contributed by atoms with Crippen molar-refractivity contribution in [2.24, 2.45) is 5.73 Å². The summed E-state index contributed by atoms with van der Waals surface area (Å²) in [6, 6.07) is 8.60. The largest absolute Gasteiger partial charge is 0.345 e. The zero-order chi connectivity index (χ0) is 11.8. The number of fused-ring (bicyclic) bond motifs is 3. The van der Waals surface area contributed by atoms with E-state index in [4.69, 9.17) is 5.73 Å². The van der Waals surface area contributed by atoms with Crippen LogP contribution in [0.5, 0.6) is 0 Å². The highest BCUT2D eigenvalue weighted by atomic mass is 15.0. The van der Waals surface area contributed by atoms with Crippen molar-refractivity contribution >= 4 is 21.7 Å². The summed E-state index contributed by atoms with van der Waals surface area (Å²) >= 11 is 0. The van der Waals surface area contributed by atoms with Crippen LogP contribution in [0.15, 0.2) is 42.9 Å². The number of hydrogen-bond acceptors (Lipinski definition) is 2. The molecule has 3 aromatic rings. The lowest BCUT2D eigenvalue weighted by molar-refractivity contribution is 0.606. The van der Waals surface area contributed by atoms with Crippen molar-refractivity contribution in [3.8, 4) is 0 Å². The molecule has 3 nitrogen and oxygen atoms in total. The van der Waals surface area contributed by atoms with Gasteiger partial charge >= 0.3 is 0 Å². The van der Waals surface area contributed by atoms with E-state index in [1.807, 2.05) is 19.3 Å². The maximum absolute atomic E-state index is 5.89. The number of hydrogen-bond donors (Lipinski definition) is 1. The second-order valence-electron chi connectivity index (χ2n) is 4.55. The maximum Gasteiger partial charge on any atom is 0.0561 e. The van der Waals surface area contributed by atoms with E-state index in [-0.39, 0.29) is 6.04 Å². The zero-order valence-corrected chi connectivity index (χ0v) is 9.80. The van der Waals surface area contributed by atoms with Gasteiger partial charge in [-0.2, -0.15) is 0 Å². The van der Waals surface area contributed by atoms with Crippen LogP contribution in [0.3, 0.4) is 0 Å². The van der Waals surface area contributed by atoms with Gasteiger partial charge in [0.05, 0.1) is 5.52 Å². The average Bonchev–Trinajstić information content (AvgIpc) is 2.72. The Balaban J connectivity index is 2.34. The van der Waals surface area contributed by atoms with Crippen LogP contribution < -0.4 is 5.73 Å². The molecule has 0 aliphatic rings. The average molecular weight is 225 g/mol. The Labute approximate surface area is 99.9 Å². The Morgan fingerprint density at radius 2 is 2.06 bits per heavy atom. The molecule has 0 aliphatic carbocycles. The third kappa shape index (κ3) is 1.68. The van der Waals surface area contributed by atoms with Crippen LogP contribution in [-0.4, -0.2) is 15.6 Å². The van der Waals surface area contributed by atoms with Gasteiger partial charge in [0, 0.05) is 47.3 Å². The number of rotatable bonds is 2. The Hall–Kier alpha value is -1.87. The molecule has 0 spiro atoms. The molecule has 0 amide bonds. The third-order valence-electron chi connectivity index (χ3n) is 3.03. The van der Waals surface area contributed by atoms with Crippen molar-refractivity contribution in [2.45, 2.75) is 19.5 Å². The Morgan fingerprint density at radius 3 is 2.88 bits per heavy atom. The van der Waals surface area contributed by atoms with E-state index in [0.717, 1.165) is 6.54 Å². The van der Waals surface area contributed by atoms with E-state index >= 15 is 0 Å². The first-order valence-corrected chi connectivity index (χ1v) is 5.83. The van der Waals surface area contributed by atoms with Crippen LogP contribution in [0.4, 0.5) is 0 Å². The lowest BCUT2D eigenvalue weighted by Crippen LogP contribution is -2.21. The molecule has 0 saturated heterocycles. The van der Waals surface area contributed by atoms with Crippen molar-refractivity contribution in [3.63, 3.8) is 0 Å². The summed E-state index contributed by atoms with van der Waals surface area (Å²) in [6.07, 6.45) is 5.84. The summed E-state index contributed by atoms with van der Waals surface area (Å²) < 4.78 is 2.22. The molecular formula is C14H15N3. The van der Waals surface area contributed by atoms with Crippen molar-refractivity contribution < 1.29 is 0 Å². The van der Waals surface area contributed by atoms with E-state index in [0.29, 0.717) is 0 Å². The predicted molar refractivity (Wildman–Crippen MR) is 70.9 cm³/mol. The van der Waals surface area contributed by atoms with Crippen molar-refractivity contribution in [2.75, 3.05) is 0 Å². The van der Waals surface area contributed by atoms with Crippen molar-refractivity contribution in [1.29, 1.82) is 0 Å². The van der Waals surface area contributed by atoms with Crippen LogP contribution in [0.25, 0.3) is 21.7 Å². The highest BCUT2D eigenvalue weighted by Crippen LogP contribution is 2.25. The number of nitrogens with two attached hydrogens (primary N) is 1. The molecule has 1 unspecified atom stereocenters. The molecule has 0 radical (unpaired) electrons. The number of aromatic nitrogens is 2. The van der Waals surface area contributed by atoms with Gasteiger partial charge in [-0.1, -0.05) is 12.1 Å². The lowest BCUT2D eigenvalue weighted by atomic mass is 10.1. The highest BCUT2D eigenvalue weighted by molar-refractivity contribution is 6.05. The molecular weight excluding hydrogens is 210 g/mol. The fourth-order valence-electron chi connectivity index (χ4n) is 2.33. The van der Waals surface area contributed by atoms with Crippen LogP contribution in [-0.2, 0) is 6.54 Å². The molecule has 2 aromatic heterocycles. The summed E-state index contributed by atoms with van der Waals surface area (Å²) in [7, 11) is 0. The van der Waals surface area contributed by atoms with E-state index < -0.39 is 0 Å². The SMILES string of the molecule is CC(N)Cn1ccc2ccc3cnccc3c21. The van der Waals surface area contributed by atoms with E-state index in [9.17, 15) is 0 Å². The van der Waals surface area contributed by atoms with Gasteiger partial charge in [-0.15, -0.1) is 0 Å². The molecule has 2 heterocycles. The summed E-state index contributed by atoms with van der Waals surface area (Å²) in [5, 5.41) is 3.66. The molecule has 0 fully saturated rings. The molecule has 86 valence electrons. The molecule has 0 aliphatic heterocycles. The molecule has 2 N–H and O–H groups in total. The van der Waals surface area contributed by atoms with Gasteiger partial charge in [0.15, 0.2) is 0 Å². The van der Waals surface area contributed by atoms with E-state index in [1.165, 1.54) is 21.7 Å². The van der Waals surface area contributed by atoms with Crippen LogP contribution in [0.2, 0.25) is 0 Å². The summed E-state index contributed by atoms with van der Waals surface area (Å²) in [6.45, 7) is 2.86. The maximum atomic E-state index is 5.89. The van der Waals surface area contributed by atoms with Gasteiger partial charge in [0.1, 0.15) is 0 Å². The fourth-order valence-corrected chi connectivity index (χ4v) is 2.33. The third-order valence-corrected chi connectivity index (χ3v) is 3.03. The normalized spacial score (nSPS) is 13.3. The number of nitrogens with zero attached hydrogens (tertiary/aromatic N) is 2. The van der Waals surface area contributed by atoms with Crippen LogP contribution in [0, 0.1) is 0 Å². The summed E-state index contributed by atoms with van der Waals surface area (Å²) in [4.78, 5) is 4.16. The fraction of sp³-hybridized carbons (Fsp3) is 0.214. The number of pyridine rings is 1. The van der Waals surface area contributed by atoms with Crippen LogP contribution >= 0.6 is 0 Å². The Kier molecular flexibility index (Phi) is 2.34. The molecule has 1 atom stereocenters. The highest BCUT2D eigenvalue weighted by Gasteiger charge is 2.06. The second kappa shape index (κ2) is 3.86. The van der Waals surface area contributed by atoms with Crippen molar-refractivity contribution in [1.82, 2.24) is 9.55 Å². The smallest absolute Gasteiger partial charge is 0.0561 e. The standard InChI is InChI=1S/C14H15N3/c1-10(15)9-17-7-5-11-2-3-12-8-16-6-4-13(12)14(11)17/h2-8,10H,9,15H2,1H3. The van der Waals surface area contributed by atoms with Gasteiger partial charge in [-0.05, 0) is 19.1 Å². The van der Waals surface area contributed by atoms with Gasteiger partial charge in [-0.25, -0.2) is 0 Å². The molecule has 3 heteroatoms. The Morgan fingerprint density at radius 1 is 1.24 bits per heavy atom. The molecule has 3 rings (SSSR count). The zero-order valence-electron chi connectivity index (χ0n) is 9.80. The Bertz CT molecular complexity index is 667. The predicted octanol–water partition coefficient (Wildman–Crippen LogP) is 2.54. The summed E-state index contributed by atoms with van der Waals surface area (Å²) in [5.74, 6) is 0. The van der Waals surface area contributed by atoms with E-state index in [2.05, 4.69) is 40.0 Å². The van der Waals surface area contributed by atoms with E-state index in [1.54, 1.807) is 0 Å². The first-order chi connectivity index (χ1) is 8.25. The lowest BCUT2D eigenvalue weighted by Gasteiger charge is -2.10. The summed E-state index contributed by atoms with van der Waals surface area (Å²) in [5.41, 5.74) is 7.14. The topological polar surface area (TPSA) is 43.8 Å². The molecule has 1 aromatic carbocycles. The first-order valence-electron chi connectivity index (χ1n) is 5.83. The van der Waals surface area contributed by atoms with Gasteiger partial charge in [-0.3, -0.25) is 4.98 Å².